The second-order valence-electron chi connectivity index (χ2n) is 7.26. The highest BCUT2D eigenvalue weighted by Gasteiger charge is 2.25. The summed E-state index contributed by atoms with van der Waals surface area (Å²) in [6.45, 7) is 4.21. The van der Waals surface area contributed by atoms with Crippen molar-refractivity contribution in [3.8, 4) is 5.75 Å². The maximum absolute atomic E-state index is 12.7. The molecule has 0 radical (unpaired) electrons. The number of hydrogen-bond donors (Lipinski definition) is 2. The number of hydrogen-bond acceptors (Lipinski definition) is 4. The van der Waals surface area contributed by atoms with Crippen molar-refractivity contribution in [3.63, 3.8) is 0 Å². The molecule has 2 aromatic rings. The molecule has 2 aromatic carbocycles. The number of anilines is 1. The van der Waals surface area contributed by atoms with Crippen LogP contribution in [0.15, 0.2) is 51.8 Å². The number of carbonyl (C=O) groups excluding carboxylic acids is 1. The molecular formula is C20H23BrN2O4S. The number of rotatable bonds is 6. The Bertz CT molecular complexity index is 959. The summed E-state index contributed by atoms with van der Waals surface area (Å²) in [4.78, 5) is 12.0. The van der Waals surface area contributed by atoms with E-state index < -0.39 is 10.0 Å². The molecule has 0 unspecified atom stereocenters. The zero-order valence-corrected chi connectivity index (χ0v) is 18.1. The summed E-state index contributed by atoms with van der Waals surface area (Å²) in [7, 11) is -3.69. The standard InChI is InChI=1S/C20H23BrN2O4S/c1-13(2)9-20(24)22-16-4-6-18(7-5-16)28(25,26)23-17-11-14-10-15(21)3-8-19(14)27-12-17/h3-8,10,13,17,23H,9,11-12H2,1-2H3,(H,22,24)/t17-/m1/s1. The van der Waals surface area contributed by atoms with E-state index >= 15 is 0 Å². The third-order valence-corrected chi connectivity index (χ3v) is 6.32. The lowest BCUT2D eigenvalue weighted by Gasteiger charge is -2.26. The highest BCUT2D eigenvalue weighted by atomic mass is 79.9. The number of carbonyl (C=O) groups is 1. The molecular weight excluding hydrogens is 444 g/mol. The molecule has 0 saturated heterocycles. The van der Waals surface area contributed by atoms with Crippen LogP contribution in [0.25, 0.3) is 0 Å². The Morgan fingerprint density at radius 1 is 1.21 bits per heavy atom. The summed E-state index contributed by atoms with van der Waals surface area (Å²) in [6.07, 6.45) is 0.970. The third kappa shape index (κ3) is 5.33. The lowest BCUT2D eigenvalue weighted by atomic mass is 10.0. The van der Waals surface area contributed by atoms with Crippen molar-refractivity contribution >= 4 is 37.5 Å². The van der Waals surface area contributed by atoms with Gasteiger partial charge in [0.1, 0.15) is 12.4 Å². The fraction of sp³-hybridized carbons (Fsp3) is 0.350. The van der Waals surface area contributed by atoms with Gasteiger partial charge in [-0.3, -0.25) is 4.79 Å². The van der Waals surface area contributed by atoms with Crippen molar-refractivity contribution in [3.05, 3.63) is 52.5 Å². The first-order valence-electron chi connectivity index (χ1n) is 9.06. The molecule has 0 spiro atoms. The molecule has 1 aliphatic rings. The molecule has 8 heteroatoms. The van der Waals surface area contributed by atoms with Gasteiger partial charge in [0.15, 0.2) is 0 Å². The van der Waals surface area contributed by atoms with Crippen LogP contribution >= 0.6 is 15.9 Å². The normalized spacial score (nSPS) is 16.4. The molecule has 1 heterocycles. The molecule has 1 amide bonds. The fourth-order valence-corrected chi connectivity index (χ4v) is 4.66. The molecule has 0 bridgehead atoms. The second-order valence-corrected chi connectivity index (χ2v) is 9.89. The van der Waals surface area contributed by atoms with Crippen molar-refractivity contribution in [2.24, 2.45) is 5.92 Å². The van der Waals surface area contributed by atoms with E-state index in [0.29, 0.717) is 18.5 Å². The number of fused-ring (bicyclic) bond motifs is 1. The molecule has 2 N–H and O–H groups in total. The SMILES string of the molecule is CC(C)CC(=O)Nc1ccc(S(=O)(=O)N[C@H]2COc3ccc(Br)cc3C2)cc1. The summed E-state index contributed by atoms with van der Waals surface area (Å²) in [6, 6.07) is 11.5. The van der Waals surface area contributed by atoms with Crippen molar-refractivity contribution in [2.75, 3.05) is 11.9 Å². The monoisotopic (exact) mass is 466 g/mol. The highest BCUT2D eigenvalue weighted by Crippen LogP contribution is 2.28. The Morgan fingerprint density at radius 2 is 1.93 bits per heavy atom. The maximum Gasteiger partial charge on any atom is 0.240 e. The topological polar surface area (TPSA) is 84.5 Å². The Balaban J connectivity index is 1.65. The van der Waals surface area contributed by atoms with Gasteiger partial charge in [0.25, 0.3) is 0 Å². The molecule has 0 aromatic heterocycles. The lowest BCUT2D eigenvalue weighted by molar-refractivity contribution is -0.116. The van der Waals surface area contributed by atoms with Gasteiger partial charge >= 0.3 is 0 Å². The largest absolute Gasteiger partial charge is 0.492 e. The Morgan fingerprint density at radius 3 is 2.61 bits per heavy atom. The quantitative estimate of drug-likeness (QED) is 0.679. The highest BCUT2D eigenvalue weighted by molar-refractivity contribution is 9.10. The lowest BCUT2D eigenvalue weighted by Crippen LogP contribution is -2.42. The van der Waals surface area contributed by atoms with Crippen LogP contribution < -0.4 is 14.8 Å². The number of nitrogens with one attached hydrogen (secondary N) is 2. The number of benzene rings is 2. The van der Waals surface area contributed by atoms with Crippen molar-refractivity contribution < 1.29 is 17.9 Å². The van der Waals surface area contributed by atoms with Gasteiger partial charge in [-0.2, -0.15) is 0 Å². The van der Waals surface area contributed by atoms with Gasteiger partial charge in [-0.05, 0) is 60.4 Å². The molecule has 1 aliphatic heterocycles. The van der Waals surface area contributed by atoms with Gasteiger partial charge in [0, 0.05) is 16.6 Å². The van der Waals surface area contributed by atoms with Crippen LogP contribution in [0.3, 0.4) is 0 Å². The molecule has 1 atom stereocenters. The summed E-state index contributed by atoms with van der Waals surface area (Å²) >= 11 is 3.42. The molecule has 0 aliphatic carbocycles. The summed E-state index contributed by atoms with van der Waals surface area (Å²) in [5, 5.41) is 2.77. The second kappa shape index (κ2) is 8.63. The van der Waals surface area contributed by atoms with Gasteiger partial charge in [0.05, 0.1) is 10.9 Å². The van der Waals surface area contributed by atoms with Crippen LogP contribution in [-0.2, 0) is 21.2 Å². The number of sulfonamides is 1. The minimum Gasteiger partial charge on any atom is -0.492 e. The molecule has 0 saturated carbocycles. The van der Waals surface area contributed by atoms with Crippen LogP contribution in [0.5, 0.6) is 5.75 Å². The van der Waals surface area contributed by atoms with Crippen LogP contribution in [0.1, 0.15) is 25.8 Å². The van der Waals surface area contributed by atoms with Gasteiger partial charge in [-0.15, -0.1) is 0 Å². The Labute approximate surface area is 173 Å². The molecule has 6 nitrogen and oxygen atoms in total. The number of halogens is 1. The van der Waals surface area contributed by atoms with E-state index in [1.807, 2.05) is 32.0 Å². The first kappa shape index (κ1) is 20.8. The maximum atomic E-state index is 12.7. The van der Waals surface area contributed by atoms with E-state index in [0.717, 1.165) is 15.8 Å². The van der Waals surface area contributed by atoms with Gasteiger partial charge < -0.3 is 10.1 Å². The third-order valence-electron chi connectivity index (χ3n) is 4.29. The smallest absolute Gasteiger partial charge is 0.240 e. The average Bonchev–Trinajstić information content (AvgIpc) is 2.60. The van der Waals surface area contributed by atoms with Crippen molar-refractivity contribution in [1.82, 2.24) is 4.72 Å². The van der Waals surface area contributed by atoms with Crippen LogP contribution in [0.4, 0.5) is 5.69 Å². The summed E-state index contributed by atoms with van der Waals surface area (Å²) in [5.41, 5.74) is 1.53. The van der Waals surface area contributed by atoms with Gasteiger partial charge in [0.2, 0.25) is 15.9 Å². The van der Waals surface area contributed by atoms with E-state index in [9.17, 15) is 13.2 Å². The molecule has 3 rings (SSSR count). The van der Waals surface area contributed by atoms with E-state index in [2.05, 4.69) is 26.0 Å². The van der Waals surface area contributed by atoms with E-state index in [1.54, 1.807) is 12.1 Å². The van der Waals surface area contributed by atoms with Gasteiger partial charge in [-0.1, -0.05) is 29.8 Å². The average molecular weight is 467 g/mol. The molecule has 28 heavy (non-hydrogen) atoms. The summed E-state index contributed by atoms with van der Waals surface area (Å²) in [5.74, 6) is 0.945. The predicted octanol–water partition coefficient (Wildman–Crippen LogP) is 3.72. The van der Waals surface area contributed by atoms with E-state index in [1.165, 1.54) is 12.1 Å². The van der Waals surface area contributed by atoms with E-state index in [4.69, 9.17) is 4.74 Å². The molecule has 150 valence electrons. The minimum atomic E-state index is -3.69. The fourth-order valence-electron chi connectivity index (χ4n) is 3.03. The first-order valence-corrected chi connectivity index (χ1v) is 11.3. The zero-order chi connectivity index (χ0) is 20.3. The van der Waals surface area contributed by atoms with Crippen LogP contribution in [0.2, 0.25) is 0 Å². The molecule has 0 fully saturated rings. The van der Waals surface area contributed by atoms with E-state index in [-0.39, 0.29) is 29.4 Å². The number of amides is 1. The summed E-state index contributed by atoms with van der Waals surface area (Å²) < 4.78 is 34.7. The van der Waals surface area contributed by atoms with Crippen LogP contribution in [-0.4, -0.2) is 27.0 Å². The van der Waals surface area contributed by atoms with Crippen LogP contribution in [0, 0.1) is 5.92 Å². The number of ether oxygens (including phenoxy) is 1. The predicted molar refractivity (Wildman–Crippen MR) is 112 cm³/mol. The minimum absolute atomic E-state index is 0.0899. The zero-order valence-electron chi connectivity index (χ0n) is 15.7. The van der Waals surface area contributed by atoms with Crippen molar-refractivity contribution in [1.29, 1.82) is 0 Å². The van der Waals surface area contributed by atoms with Gasteiger partial charge in [-0.25, -0.2) is 13.1 Å². The Kier molecular flexibility index (Phi) is 6.42. The Hall–Kier alpha value is -1.90. The first-order chi connectivity index (χ1) is 13.2. The van der Waals surface area contributed by atoms with Crippen molar-refractivity contribution in [2.45, 2.75) is 37.6 Å².